The maximum Gasteiger partial charge on any atom is 0.190 e. The summed E-state index contributed by atoms with van der Waals surface area (Å²) in [6.07, 6.45) is 1.76. The number of fused-ring (bicyclic) bond motifs is 3. The van der Waals surface area contributed by atoms with Crippen LogP contribution in [0.4, 0.5) is 0 Å². The first-order valence-electron chi connectivity index (χ1n) is 16.5. The van der Waals surface area contributed by atoms with Gasteiger partial charge < -0.3 is 10.2 Å². The Morgan fingerprint density at radius 1 is 0.957 bits per heavy atom. The van der Waals surface area contributed by atoms with Gasteiger partial charge in [-0.25, -0.2) is 0 Å². The second-order valence-electron chi connectivity index (χ2n) is 16.3. The van der Waals surface area contributed by atoms with E-state index in [2.05, 4.69) is 20.8 Å². The Hall–Kier alpha value is -3.78. The Labute approximate surface area is 276 Å². The highest BCUT2D eigenvalue weighted by Crippen LogP contribution is 2.64. The first kappa shape index (κ1) is 34.6. The molecule has 6 atom stereocenters. The molecule has 2 saturated carbocycles. The zero-order valence-electron chi connectivity index (χ0n) is 28.7. The molecule has 5 rings (SSSR count). The number of carbonyl (C=O) groups excluding carboxylic acids is 6. The van der Waals surface area contributed by atoms with Crippen molar-refractivity contribution in [3.8, 4) is 16.9 Å². The van der Waals surface area contributed by atoms with E-state index in [-0.39, 0.29) is 35.4 Å². The first-order valence-corrected chi connectivity index (χ1v) is 16.5. The van der Waals surface area contributed by atoms with Crippen molar-refractivity contribution in [1.29, 1.82) is 0 Å². The number of rotatable bonds is 7. The van der Waals surface area contributed by atoms with Gasteiger partial charge in [0.1, 0.15) is 23.2 Å². The third-order valence-corrected chi connectivity index (χ3v) is 11.1. The fourth-order valence-corrected chi connectivity index (χ4v) is 9.04. The lowest BCUT2D eigenvalue weighted by molar-refractivity contribution is -0.205. The second-order valence-corrected chi connectivity index (χ2v) is 16.3. The number of aliphatic hydroxyl groups is 1. The summed E-state index contributed by atoms with van der Waals surface area (Å²) in [6.45, 7) is 14.3. The lowest BCUT2D eigenvalue weighted by Gasteiger charge is -2.61. The summed E-state index contributed by atoms with van der Waals surface area (Å²) in [5.41, 5.74) is -2.52. The van der Waals surface area contributed by atoms with Gasteiger partial charge in [-0.05, 0) is 71.3 Å². The van der Waals surface area contributed by atoms with Crippen LogP contribution >= 0.6 is 0 Å². The quantitative estimate of drug-likeness (QED) is 0.367. The number of Topliss-reactive ketones (excluding diaryl/α,β-unsaturated/α-hetero) is 6. The fourth-order valence-electron chi connectivity index (χ4n) is 9.04. The molecule has 8 heteroatoms. The van der Waals surface area contributed by atoms with Crippen molar-refractivity contribution < 1.29 is 39.0 Å². The van der Waals surface area contributed by atoms with Crippen molar-refractivity contribution in [2.45, 2.75) is 93.1 Å². The van der Waals surface area contributed by atoms with Crippen LogP contribution in [0.25, 0.3) is 11.1 Å². The molecule has 0 bridgehead atoms. The average molecular weight is 643 g/mol. The number of hydrogen-bond acceptors (Lipinski definition) is 8. The Balaban J connectivity index is 1.57. The molecule has 0 saturated heterocycles. The molecule has 47 heavy (non-hydrogen) atoms. The number of phenolic OH excluding ortho intramolecular Hbond substituents is 1. The Morgan fingerprint density at radius 2 is 1.57 bits per heavy atom. The fraction of sp³-hybridized carbons (Fsp3) is 0.538. The number of phenols is 1. The maximum atomic E-state index is 14.5. The third kappa shape index (κ3) is 5.33. The van der Waals surface area contributed by atoms with Crippen molar-refractivity contribution in [3.63, 3.8) is 0 Å². The van der Waals surface area contributed by atoms with E-state index in [1.165, 1.54) is 6.07 Å². The SMILES string of the molecule is CC(=O)C1C(=O)C(C(C)C)[C@@]2(C)C[C@@]3(C)Cc4c(-c5ccc(CC(=O)CCC(C)(C)C)cc5)ccc(O)c4C(=O)C3C(=O)[C@@]2(O)C1=O. The topological polar surface area (TPSA) is 143 Å². The molecule has 2 N–H and O–H groups in total. The molecule has 2 aromatic rings. The highest BCUT2D eigenvalue weighted by Gasteiger charge is 2.76. The van der Waals surface area contributed by atoms with Crippen LogP contribution in [0.5, 0.6) is 5.75 Å². The predicted octanol–water partition coefficient (Wildman–Crippen LogP) is 5.70. The maximum absolute atomic E-state index is 14.5. The van der Waals surface area contributed by atoms with E-state index in [0.29, 0.717) is 24.0 Å². The van der Waals surface area contributed by atoms with E-state index in [0.717, 1.165) is 24.5 Å². The molecule has 250 valence electrons. The van der Waals surface area contributed by atoms with Crippen LogP contribution in [-0.4, -0.2) is 50.5 Å². The van der Waals surface area contributed by atoms with Gasteiger partial charge in [-0.1, -0.05) is 78.8 Å². The van der Waals surface area contributed by atoms with Gasteiger partial charge in [-0.3, -0.25) is 28.8 Å². The minimum atomic E-state index is -2.73. The van der Waals surface area contributed by atoms with Crippen molar-refractivity contribution >= 4 is 34.7 Å². The molecule has 8 nitrogen and oxygen atoms in total. The summed E-state index contributed by atoms with van der Waals surface area (Å²) < 4.78 is 0. The molecule has 0 heterocycles. The van der Waals surface area contributed by atoms with Gasteiger partial charge in [0.2, 0.25) is 0 Å². The van der Waals surface area contributed by atoms with Gasteiger partial charge in [0.05, 0.1) is 11.5 Å². The summed E-state index contributed by atoms with van der Waals surface area (Å²) in [6, 6.07) is 10.6. The molecule has 3 aliphatic carbocycles. The minimum Gasteiger partial charge on any atom is -0.507 e. The third-order valence-electron chi connectivity index (χ3n) is 11.1. The molecule has 0 aromatic heterocycles. The van der Waals surface area contributed by atoms with Crippen LogP contribution in [0.3, 0.4) is 0 Å². The summed E-state index contributed by atoms with van der Waals surface area (Å²) in [4.78, 5) is 81.5. The van der Waals surface area contributed by atoms with Gasteiger partial charge in [0, 0.05) is 24.2 Å². The zero-order valence-corrected chi connectivity index (χ0v) is 28.7. The Kier molecular flexibility index (Phi) is 8.40. The summed E-state index contributed by atoms with van der Waals surface area (Å²) in [5.74, 6) is -9.00. The van der Waals surface area contributed by atoms with Gasteiger partial charge in [-0.15, -0.1) is 0 Å². The highest BCUT2D eigenvalue weighted by atomic mass is 16.3. The van der Waals surface area contributed by atoms with Crippen molar-refractivity contribution in [2.24, 2.45) is 39.9 Å². The molecule has 0 radical (unpaired) electrons. The molecule has 0 aliphatic heterocycles. The van der Waals surface area contributed by atoms with Gasteiger partial charge in [0.25, 0.3) is 0 Å². The number of carbonyl (C=O) groups is 6. The van der Waals surface area contributed by atoms with Crippen molar-refractivity contribution in [1.82, 2.24) is 0 Å². The summed E-state index contributed by atoms with van der Waals surface area (Å²) in [7, 11) is 0. The largest absolute Gasteiger partial charge is 0.507 e. The number of hydrogen-bond donors (Lipinski definition) is 2. The number of aromatic hydroxyl groups is 1. The van der Waals surface area contributed by atoms with E-state index in [1.807, 2.05) is 24.3 Å². The van der Waals surface area contributed by atoms with Crippen molar-refractivity contribution in [3.05, 3.63) is 53.1 Å². The average Bonchev–Trinajstić information content (AvgIpc) is 2.94. The minimum absolute atomic E-state index is 0.00620. The summed E-state index contributed by atoms with van der Waals surface area (Å²) in [5, 5.41) is 23.2. The van der Waals surface area contributed by atoms with Crippen LogP contribution in [0, 0.1) is 39.9 Å². The Morgan fingerprint density at radius 3 is 2.13 bits per heavy atom. The molecular formula is C39H46O8. The number of ketones is 6. The zero-order chi connectivity index (χ0) is 35.0. The lowest BCUT2D eigenvalue weighted by atomic mass is 9.40. The molecule has 0 spiro atoms. The molecule has 0 amide bonds. The number of benzene rings is 2. The normalized spacial score (nSPS) is 30.6. The van der Waals surface area contributed by atoms with Crippen LogP contribution in [0.2, 0.25) is 0 Å². The molecule has 3 aliphatic rings. The van der Waals surface area contributed by atoms with Crippen LogP contribution in [-0.2, 0) is 36.8 Å². The van der Waals surface area contributed by atoms with Gasteiger partial charge in [-0.2, -0.15) is 0 Å². The standard InChI is InChI=1S/C39H46O8/c1-20(2)30-32(43)28(21(3)40)34(45)39(47)35(46)31-33(44)29-26(18-37(31,7)19-38(30,39)8)25(13-14-27(29)42)23-11-9-22(10-12-23)17-24(41)15-16-36(4,5)6/h9-14,20,28,30-31,42,47H,15-19H2,1-8H3/t28?,30?,31?,37-,38-,39+/m1/s1. The first-order chi connectivity index (χ1) is 21.7. The smallest absolute Gasteiger partial charge is 0.190 e. The van der Waals surface area contributed by atoms with Gasteiger partial charge >= 0.3 is 0 Å². The van der Waals surface area contributed by atoms with E-state index in [1.54, 1.807) is 33.8 Å². The van der Waals surface area contributed by atoms with Crippen LogP contribution in [0.15, 0.2) is 36.4 Å². The molecule has 2 aromatic carbocycles. The van der Waals surface area contributed by atoms with Crippen LogP contribution < -0.4 is 0 Å². The molecule has 2 fully saturated rings. The molecular weight excluding hydrogens is 596 g/mol. The summed E-state index contributed by atoms with van der Waals surface area (Å²) >= 11 is 0. The Bertz CT molecular complexity index is 1710. The highest BCUT2D eigenvalue weighted by molar-refractivity contribution is 6.32. The predicted molar refractivity (Wildman–Crippen MR) is 176 cm³/mol. The lowest BCUT2D eigenvalue weighted by Crippen LogP contribution is -2.76. The monoisotopic (exact) mass is 642 g/mol. The molecule has 3 unspecified atom stereocenters. The van der Waals surface area contributed by atoms with Gasteiger partial charge in [0.15, 0.2) is 28.7 Å². The van der Waals surface area contributed by atoms with E-state index in [4.69, 9.17) is 0 Å². The second kappa shape index (κ2) is 11.4. The van der Waals surface area contributed by atoms with Crippen LogP contribution in [0.1, 0.15) is 96.1 Å². The van der Waals surface area contributed by atoms with E-state index in [9.17, 15) is 39.0 Å². The van der Waals surface area contributed by atoms with E-state index >= 15 is 0 Å². The van der Waals surface area contributed by atoms with Crippen molar-refractivity contribution in [2.75, 3.05) is 0 Å². The van der Waals surface area contributed by atoms with E-state index < -0.39 is 69.0 Å².